The van der Waals surface area contributed by atoms with E-state index in [1.165, 1.54) is 141 Å². The molecular formula is C43H79NO2. The first-order valence-corrected chi connectivity index (χ1v) is 20.2. The molecular weight excluding hydrogens is 562 g/mol. The van der Waals surface area contributed by atoms with E-state index in [9.17, 15) is 0 Å². The van der Waals surface area contributed by atoms with E-state index in [2.05, 4.69) is 74.4 Å². The lowest BCUT2D eigenvalue weighted by Gasteiger charge is -2.18. The van der Waals surface area contributed by atoms with Gasteiger partial charge in [-0.2, -0.15) is 0 Å². The van der Waals surface area contributed by atoms with Gasteiger partial charge in [0.2, 0.25) is 0 Å². The number of unbranched alkanes of at least 4 members (excludes halogenated alkanes) is 18. The molecule has 0 radical (unpaired) electrons. The Labute approximate surface area is 288 Å². The third kappa shape index (κ3) is 29.0. The number of ether oxygens (including phenoxy) is 2. The summed E-state index contributed by atoms with van der Waals surface area (Å²) in [6.45, 7) is 10.5. The van der Waals surface area contributed by atoms with Gasteiger partial charge in [0, 0.05) is 38.1 Å². The van der Waals surface area contributed by atoms with E-state index in [-0.39, 0.29) is 0 Å². The van der Waals surface area contributed by atoms with E-state index in [1.54, 1.807) is 0 Å². The smallest absolute Gasteiger partial charge is 0.0510 e. The van der Waals surface area contributed by atoms with E-state index in [0.29, 0.717) is 11.8 Å². The molecule has 0 saturated carbocycles. The van der Waals surface area contributed by atoms with Crippen molar-refractivity contribution in [2.24, 2.45) is 11.8 Å². The molecule has 3 nitrogen and oxygen atoms in total. The zero-order valence-corrected chi connectivity index (χ0v) is 31.3. The predicted molar refractivity (Wildman–Crippen MR) is 205 cm³/mol. The van der Waals surface area contributed by atoms with Crippen LogP contribution >= 0.6 is 0 Å². The molecule has 46 heavy (non-hydrogen) atoms. The fourth-order valence-corrected chi connectivity index (χ4v) is 6.40. The van der Waals surface area contributed by atoms with Crippen molar-refractivity contribution in [3.05, 3.63) is 48.6 Å². The Hall–Kier alpha value is -1.16. The van der Waals surface area contributed by atoms with Crippen molar-refractivity contribution >= 4 is 0 Å². The number of allylic oxidation sites excluding steroid dienone is 8. The quantitative estimate of drug-likeness (QED) is 0.0515. The van der Waals surface area contributed by atoms with Crippen LogP contribution in [0.15, 0.2) is 48.6 Å². The van der Waals surface area contributed by atoms with Gasteiger partial charge in [-0.05, 0) is 84.1 Å². The van der Waals surface area contributed by atoms with Crippen LogP contribution in [-0.2, 0) is 9.47 Å². The van der Waals surface area contributed by atoms with Crippen LogP contribution in [0.4, 0.5) is 0 Å². The number of rotatable bonds is 34. The van der Waals surface area contributed by atoms with Crippen LogP contribution in [0.3, 0.4) is 0 Å². The van der Waals surface area contributed by atoms with Crippen LogP contribution in [-0.4, -0.2) is 51.5 Å². The van der Waals surface area contributed by atoms with Crippen molar-refractivity contribution in [1.29, 1.82) is 0 Å². The second kappa shape index (κ2) is 35.2. The fourth-order valence-electron chi connectivity index (χ4n) is 6.40. The summed E-state index contributed by atoms with van der Waals surface area (Å²) in [5.74, 6) is 1.26. The molecule has 0 amide bonds. The van der Waals surface area contributed by atoms with E-state index in [1.807, 2.05) is 0 Å². The molecule has 1 rings (SSSR count). The van der Waals surface area contributed by atoms with E-state index < -0.39 is 0 Å². The fraction of sp³-hybridized carbons (Fsp3) is 0.814. The molecule has 0 aromatic rings. The maximum Gasteiger partial charge on any atom is 0.0510 e. The Morgan fingerprint density at radius 3 is 1.13 bits per heavy atom. The van der Waals surface area contributed by atoms with Gasteiger partial charge in [0.05, 0.1) is 13.2 Å². The third-order valence-electron chi connectivity index (χ3n) is 9.40. The summed E-state index contributed by atoms with van der Waals surface area (Å²) in [5.41, 5.74) is 0. The monoisotopic (exact) mass is 642 g/mol. The third-order valence-corrected chi connectivity index (χ3v) is 9.40. The maximum absolute atomic E-state index is 6.15. The summed E-state index contributed by atoms with van der Waals surface area (Å²) in [4.78, 5) is 2.46. The van der Waals surface area contributed by atoms with Crippen LogP contribution in [0, 0.1) is 11.8 Å². The summed E-state index contributed by atoms with van der Waals surface area (Å²) in [7, 11) is 2.25. The van der Waals surface area contributed by atoms with Gasteiger partial charge in [-0.1, -0.05) is 140 Å². The second-order valence-electron chi connectivity index (χ2n) is 14.1. The lowest BCUT2D eigenvalue weighted by atomic mass is 9.98. The Morgan fingerprint density at radius 2 is 0.761 bits per heavy atom. The minimum Gasteiger partial charge on any atom is -0.381 e. The molecule has 1 saturated heterocycles. The minimum absolute atomic E-state index is 0.630. The van der Waals surface area contributed by atoms with Crippen LogP contribution in [0.25, 0.3) is 0 Å². The minimum atomic E-state index is 0.630. The number of hydrogen-bond acceptors (Lipinski definition) is 3. The van der Waals surface area contributed by atoms with Gasteiger partial charge in [-0.15, -0.1) is 0 Å². The number of nitrogens with zero attached hydrogens (tertiary/aromatic N) is 1. The standard InChI is InChI=1S/C43H79NO2/c1-4-6-8-10-12-14-16-18-20-22-24-26-28-30-32-34-36-45-40-42-38-44(3)39-43(42)41-46-37-35-33-31-29-27-25-23-21-19-17-15-13-11-9-7-5-2/h12-15,18-21,42-43H,4-11,16-17,22-41H2,1-3H3/b14-12-,15-13-,20-18-,21-19-/t42-,43?/m0/s1. The van der Waals surface area contributed by atoms with Crippen molar-refractivity contribution in [2.75, 3.05) is 46.6 Å². The van der Waals surface area contributed by atoms with Gasteiger partial charge in [0.1, 0.15) is 0 Å². The van der Waals surface area contributed by atoms with Crippen molar-refractivity contribution in [1.82, 2.24) is 4.90 Å². The average Bonchev–Trinajstić information content (AvgIpc) is 3.42. The first-order valence-electron chi connectivity index (χ1n) is 20.2. The molecule has 2 atom stereocenters. The molecule has 0 spiro atoms. The van der Waals surface area contributed by atoms with Gasteiger partial charge >= 0.3 is 0 Å². The van der Waals surface area contributed by atoms with Gasteiger partial charge in [0.15, 0.2) is 0 Å². The first kappa shape index (κ1) is 42.9. The predicted octanol–water partition coefficient (Wildman–Crippen LogP) is 12.8. The zero-order valence-electron chi connectivity index (χ0n) is 31.3. The molecule has 0 aliphatic carbocycles. The highest BCUT2D eigenvalue weighted by Gasteiger charge is 2.30. The molecule has 0 aromatic heterocycles. The van der Waals surface area contributed by atoms with Crippen molar-refractivity contribution in [3.8, 4) is 0 Å². The van der Waals surface area contributed by atoms with E-state index >= 15 is 0 Å². The van der Waals surface area contributed by atoms with Crippen molar-refractivity contribution < 1.29 is 9.47 Å². The molecule has 1 fully saturated rings. The highest BCUT2D eigenvalue weighted by Crippen LogP contribution is 2.23. The van der Waals surface area contributed by atoms with Crippen LogP contribution < -0.4 is 0 Å². The summed E-state index contributed by atoms with van der Waals surface area (Å²) < 4.78 is 12.3. The molecule has 268 valence electrons. The van der Waals surface area contributed by atoms with Crippen LogP contribution in [0.1, 0.15) is 168 Å². The molecule has 1 unspecified atom stereocenters. The molecule has 0 aromatic carbocycles. The number of likely N-dealkylation sites (tertiary alicyclic amines) is 1. The largest absolute Gasteiger partial charge is 0.381 e. The van der Waals surface area contributed by atoms with Crippen molar-refractivity contribution in [2.45, 2.75) is 168 Å². The van der Waals surface area contributed by atoms with Gasteiger partial charge in [0.25, 0.3) is 0 Å². The second-order valence-corrected chi connectivity index (χ2v) is 14.1. The van der Waals surface area contributed by atoms with Crippen molar-refractivity contribution in [3.63, 3.8) is 0 Å². The Bertz CT molecular complexity index is 666. The lowest BCUT2D eigenvalue weighted by Crippen LogP contribution is -2.23. The molecule has 1 heterocycles. The maximum atomic E-state index is 6.15. The summed E-state index contributed by atoms with van der Waals surface area (Å²) >= 11 is 0. The lowest BCUT2D eigenvalue weighted by molar-refractivity contribution is 0.0482. The van der Waals surface area contributed by atoms with Crippen LogP contribution in [0.5, 0.6) is 0 Å². The van der Waals surface area contributed by atoms with Gasteiger partial charge in [-0.3, -0.25) is 0 Å². The molecule has 0 N–H and O–H groups in total. The Kier molecular flexibility index (Phi) is 32.8. The molecule has 0 bridgehead atoms. The zero-order chi connectivity index (χ0) is 33.0. The SMILES string of the molecule is CCCCC/C=C\C/C=C\CCCCCCCCOCC1CN(C)C[C@H]1COCCCCCCCC/C=C\C/C=C\CCCCC. The molecule has 1 aliphatic heterocycles. The first-order chi connectivity index (χ1) is 22.8. The van der Waals surface area contributed by atoms with E-state index in [0.717, 1.165) is 52.4 Å². The highest BCUT2D eigenvalue weighted by molar-refractivity contribution is 4.93. The molecule has 3 heteroatoms. The Balaban J connectivity index is 1.88. The normalized spacial score (nSPS) is 17.7. The summed E-state index contributed by atoms with van der Waals surface area (Å²) in [6, 6.07) is 0. The van der Waals surface area contributed by atoms with E-state index in [4.69, 9.17) is 9.47 Å². The number of hydrogen-bond donors (Lipinski definition) is 0. The summed E-state index contributed by atoms with van der Waals surface area (Å²) in [5, 5.41) is 0. The Morgan fingerprint density at radius 1 is 0.435 bits per heavy atom. The van der Waals surface area contributed by atoms with Gasteiger partial charge < -0.3 is 14.4 Å². The van der Waals surface area contributed by atoms with Gasteiger partial charge in [-0.25, -0.2) is 0 Å². The molecule has 1 aliphatic rings. The topological polar surface area (TPSA) is 21.7 Å². The highest BCUT2D eigenvalue weighted by atomic mass is 16.5. The van der Waals surface area contributed by atoms with Crippen LogP contribution in [0.2, 0.25) is 0 Å². The summed E-state index contributed by atoms with van der Waals surface area (Å²) in [6.07, 6.45) is 49.9. The average molecular weight is 642 g/mol.